The van der Waals surface area contributed by atoms with Gasteiger partial charge in [0.2, 0.25) is 0 Å². The highest BCUT2D eigenvalue weighted by Crippen LogP contribution is 2.12. The fraction of sp³-hybridized carbons (Fsp3) is 0.261. The lowest BCUT2D eigenvalue weighted by atomic mass is 10.1. The molecule has 2 amide bonds. The lowest BCUT2D eigenvalue weighted by Gasteiger charge is -2.23. The average Bonchev–Trinajstić information content (AvgIpc) is 2.73. The monoisotopic (exact) mass is 419 g/mol. The Morgan fingerprint density at radius 3 is 2.55 bits per heavy atom. The van der Waals surface area contributed by atoms with E-state index in [1.807, 2.05) is 48.5 Å². The van der Waals surface area contributed by atoms with Crippen LogP contribution in [0.4, 0.5) is 4.79 Å². The third-order valence-electron chi connectivity index (χ3n) is 4.20. The van der Waals surface area contributed by atoms with Gasteiger partial charge >= 0.3 is 6.09 Å². The fourth-order valence-electron chi connectivity index (χ4n) is 2.87. The van der Waals surface area contributed by atoms with Gasteiger partial charge in [0.25, 0.3) is 5.91 Å². The molecule has 0 spiro atoms. The first-order valence-electron chi connectivity index (χ1n) is 9.88. The molecule has 2 N–H and O–H groups in total. The molecule has 0 aliphatic rings. The van der Waals surface area contributed by atoms with Crippen LogP contribution in [-0.4, -0.2) is 39.8 Å². The quantitative estimate of drug-likeness (QED) is 0.471. The van der Waals surface area contributed by atoms with Crippen LogP contribution >= 0.6 is 0 Å². The Hall–Kier alpha value is -3.81. The van der Waals surface area contributed by atoms with Crippen molar-refractivity contribution in [3.63, 3.8) is 0 Å². The van der Waals surface area contributed by atoms with Crippen LogP contribution in [0.5, 0.6) is 0 Å². The molecule has 160 valence electrons. The van der Waals surface area contributed by atoms with E-state index >= 15 is 0 Å². The Balaban J connectivity index is 1.72. The third-order valence-corrected chi connectivity index (χ3v) is 4.20. The van der Waals surface area contributed by atoms with Gasteiger partial charge in [-0.05, 0) is 32.4 Å². The van der Waals surface area contributed by atoms with Crippen molar-refractivity contribution >= 4 is 29.2 Å². The highest BCUT2D eigenvalue weighted by molar-refractivity contribution is 5.96. The minimum Gasteiger partial charge on any atom is -0.444 e. The van der Waals surface area contributed by atoms with Gasteiger partial charge in [-0.3, -0.25) is 14.8 Å². The Labute approximate surface area is 180 Å². The summed E-state index contributed by atoms with van der Waals surface area (Å²) in [6.07, 6.45) is 4.33. The predicted molar refractivity (Wildman–Crippen MR) is 119 cm³/mol. The molecule has 8 nitrogen and oxygen atoms in total. The van der Waals surface area contributed by atoms with Crippen LogP contribution in [-0.2, 0) is 16.0 Å². The summed E-state index contributed by atoms with van der Waals surface area (Å²) in [5.74, 6) is -0.461. The number of carbonyl (C=O) groups is 2. The summed E-state index contributed by atoms with van der Waals surface area (Å²) in [5.41, 5.74) is 4.83. The number of hydrogen-bond acceptors (Lipinski definition) is 6. The van der Waals surface area contributed by atoms with Crippen molar-refractivity contribution in [3.05, 3.63) is 72.1 Å². The van der Waals surface area contributed by atoms with Gasteiger partial charge < -0.3 is 10.1 Å². The van der Waals surface area contributed by atoms with Gasteiger partial charge in [-0.15, -0.1) is 0 Å². The molecule has 0 aliphatic carbocycles. The van der Waals surface area contributed by atoms with E-state index in [1.165, 1.54) is 6.21 Å². The highest BCUT2D eigenvalue weighted by Gasteiger charge is 2.24. The van der Waals surface area contributed by atoms with Crippen LogP contribution in [0.2, 0.25) is 0 Å². The van der Waals surface area contributed by atoms with Crippen molar-refractivity contribution in [2.24, 2.45) is 5.10 Å². The standard InChI is InChI=1S/C23H25N5O3/c1-23(2,3)31-22(30)27-19(14-16-8-5-4-6-9-16)21(29)28-26-15-17-10-7-11-18-20(17)25-13-12-24-18/h4-13,15,19H,14H2,1-3H3,(H,27,30)(H,28,29)/b26-15-/t19-/m0/s1. The van der Waals surface area contributed by atoms with E-state index < -0.39 is 23.6 Å². The lowest BCUT2D eigenvalue weighted by Crippen LogP contribution is -2.48. The summed E-state index contributed by atoms with van der Waals surface area (Å²) >= 11 is 0. The largest absolute Gasteiger partial charge is 0.444 e. The van der Waals surface area contributed by atoms with E-state index in [1.54, 1.807) is 33.2 Å². The second kappa shape index (κ2) is 9.80. The molecule has 1 atom stereocenters. The van der Waals surface area contributed by atoms with Crippen molar-refractivity contribution in [1.29, 1.82) is 0 Å². The van der Waals surface area contributed by atoms with Crippen molar-refractivity contribution in [2.75, 3.05) is 0 Å². The number of hydrazone groups is 1. The van der Waals surface area contributed by atoms with Gasteiger partial charge in [0.05, 0.1) is 17.2 Å². The molecule has 0 unspecified atom stereocenters. The van der Waals surface area contributed by atoms with E-state index in [-0.39, 0.29) is 0 Å². The molecular formula is C23H25N5O3. The number of ether oxygens (including phenoxy) is 1. The molecule has 1 heterocycles. The Morgan fingerprint density at radius 2 is 1.81 bits per heavy atom. The van der Waals surface area contributed by atoms with Crippen molar-refractivity contribution in [3.8, 4) is 0 Å². The number of aromatic nitrogens is 2. The molecule has 3 aromatic rings. The second-order valence-electron chi connectivity index (χ2n) is 7.89. The van der Waals surface area contributed by atoms with Crippen LogP contribution in [0.3, 0.4) is 0 Å². The molecule has 0 fully saturated rings. The maximum Gasteiger partial charge on any atom is 0.408 e. The molecule has 8 heteroatoms. The van der Waals surface area contributed by atoms with Gasteiger partial charge in [-0.25, -0.2) is 10.2 Å². The normalized spacial score (nSPS) is 12.5. The first kappa shape index (κ1) is 21.9. The van der Waals surface area contributed by atoms with Gasteiger partial charge in [-0.1, -0.05) is 42.5 Å². The summed E-state index contributed by atoms with van der Waals surface area (Å²) in [5, 5.41) is 6.68. The molecule has 1 aromatic heterocycles. The first-order chi connectivity index (χ1) is 14.8. The maximum atomic E-state index is 12.8. The minimum absolute atomic E-state index is 0.293. The van der Waals surface area contributed by atoms with E-state index in [0.29, 0.717) is 17.5 Å². The molecular weight excluding hydrogens is 394 g/mol. The molecule has 0 aliphatic heterocycles. The zero-order chi connectivity index (χ0) is 22.3. The molecule has 0 radical (unpaired) electrons. The Bertz CT molecular complexity index is 1070. The first-order valence-corrected chi connectivity index (χ1v) is 9.88. The number of alkyl carbamates (subject to hydrolysis) is 1. The predicted octanol–water partition coefficient (Wildman–Crippen LogP) is 3.22. The average molecular weight is 419 g/mol. The van der Waals surface area contributed by atoms with E-state index in [2.05, 4.69) is 25.8 Å². The number of fused-ring (bicyclic) bond motifs is 1. The third kappa shape index (κ3) is 6.60. The van der Waals surface area contributed by atoms with Crippen molar-refractivity contribution in [2.45, 2.75) is 38.8 Å². The molecule has 0 saturated carbocycles. The van der Waals surface area contributed by atoms with Crippen LogP contribution in [0.15, 0.2) is 66.0 Å². The smallest absolute Gasteiger partial charge is 0.408 e. The topological polar surface area (TPSA) is 106 Å². The lowest BCUT2D eigenvalue weighted by molar-refractivity contribution is -0.123. The number of rotatable bonds is 6. The summed E-state index contributed by atoms with van der Waals surface area (Å²) in [7, 11) is 0. The van der Waals surface area contributed by atoms with Gasteiger partial charge in [-0.2, -0.15) is 5.10 Å². The maximum absolute atomic E-state index is 12.8. The molecule has 2 aromatic carbocycles. The molecule has 0 bridgehead atoms. The summed E-state index contributed by atoms with van der Waals surface area (Å²) < 4.78 is 5.29. The number of nitrogens with one attached hydrogen (secondary N) is 2. The van der Waals surface area contributed by atoms with Gasteiger partial charge in [0, 0.05) is 24.4 Å². The Kier molecular flexibility index (Phi) is 6.92. The van der Waals surface area contributed by atoms with Crippen molar-refractivity contribution in [1.82, 2.24) is 20.7 Å². The minimum atomic E-state index is -0.860. The molecule has 3 rings (SSSR count). The number of hydrogen-bond donors (Lipinski definition) is 2. The van der Waals surface area contributed by atoms with Gasteiger partial charge in [0.1, 0.15) is 11.6 Å². The zero-order valence-corrected chi connectivity index (χ0v) is 17.7. The highest BCUT2D eigenvalue weighted by atomic mass is 16.6. The van der Waals surface area contributed by atoms with Crippen molar-refractivity contribution < 1.29 is 14.3 Å². The van der Waals surface area contributed by atoms with Crippen LogP contribution in [0.25, 0.3) is 11.0 Å². The Morgan fingerprint density at radius 1 is 1.06 bits per heavy atom. The van der Waals surface area contributed by atoms with Crippen LogP contribution in [0, 0.1) is 0 Å². The van der Waals surface area contributed by atoms with Crippen LogP contribution < -0.4 is 10.7 Å². The molecule has 0 saturated heterocycles. The van der Waals surface area contributed by atoms with Crippen LogP contribution in [0.1, 0.15) is 31.9 Å². The van der Waals surface area contributed by atoms with E-state index in [4.69, 9.17) is 4.74 Å². The summed E-state index contributed by atoms with van der Waals surface area (Å²) in [6.45, 7) is 5.28. The number of benzene rings is 2. The molecule has 31 heavy (non-hydrogen) atoms. The number of carbonyl (C=O) groups excluding carboxylic acids is 2. The van der Waals surface area contributed by atoms with E-state index in [9.17, 15) is 9.59 Å². The van der Waals surface area contributed by atoms with E-state index in [0.717, 1.165) is 11.1 Å². The zero-order valence-electron chi connectivity index (χ0n) is 17.7. The fourth-order valence-corrected chi connectivity index (χ4v) is 2.87. The SMILES string of the molecule is CC(C)(C)OC(=O)N[C@@H](Cc1ccccc1)C(=O)N/N=C\c1cccc2nccnc12. The summed E-state index contributed by atoms with van der Waals surface area (Å²) in [4.78, 5) is 33.6. The number of nitrogens with zero attached hydrogens (tertiary/aromatic N) is 3. The number of amides is 2. The summed E-state index contributed by atoms with van der Waals surface area (Å²) in [6, 6.07) is 14.0. The number of para-hydroxylation sites is 1. The second-order valence-corrected chi connectivity index (χ2v) is 7.89. The van der Waals surface area contributed by atoms with Gasteiger partial charge in [0.15, 0.2) is 0 Å².